The summed E-state index contributed by atoms with van der Waals surface area (Å²) in [6, 6.07) is 0. The molecule has 0 fully saturated rings. The molecule has 14 heavy (non-hydrogen) atoms. The van der Waals surface area contributed by atoms with Gasteiger partial charge in [0.15, 0.2) is 0 Å². The molecule has 7 heteroatoms. The first-order chi connectivity index (χ1) is 5.79. The Kier molecular flexibility index (Phi) is 5.33. The van der Waals surface area contributed by atoms with E-state index in [0.717, 1.165) is 18.7 Å². The average molecular weight is 246 g/mol. The molecule has 1 aliphatic heterocycles. The lowest BCUT2D eigenvalue weighted by atomic mass is 10.1. The maximum absolute atomic E-state index is 12.3. The Morgan fingerprint density at radius 3 is 2.64 bits per heavy atom. The number of aromatic amines is 1. The fourth-order valence-electron chi connectivity index (χ4n) is 1.43. The van der Waals surface area contributed by atoms with E-state index in [9.17, 15) is 8.78 Å². The van der Waals surface area contributed by atoms with Crippen LogP contribution in [0.2, 0.25) is 0 Å². The SMILES string of the molecule is Cl.Cl.FC(F)c1n[nH]c2c1CNCC2. The third-order valence-corrected chi connectivity index (χ3v) is 2.05. The van der Waals surface area contributed by atoms with Crippen LogP contribution in [-0.4, -0.2) is 16.7 Å². The number of alkyl halides is 2. The van der Waals surface area contributed by atoms with Crippen LogP contribution >= 0.6 is 24.8 Å². The Morgan fingerprint density at radius 1 is 1.29 bits per heavy atom. The van der Waals surface area contributed by atoms with Crippen LogP contribution in [0.3, 0.4) is 0 Å². The van der Waals surface area contributed by atoms with Crippen molar-refractivity contribution in [2.45, 2.75) is 19.4 Å². The minimum Gasteiger partial charge on any atom is -0.312 e. The summed E-state index contributed by atoms with van der Waals surface area (Å²) in [5, 5.41) is 9.25. The van der Waals surface area contributed by atoms with E-state index in [-0.39, 0.29) is 30.5 Å². The van der Waals surface area contributed by atoms with Crippen LogP contribution in [0, 0.1) is 0 Å². The van der Waals surface area contributed by atoms with Gasteiger partial charge in [-0.15, -0.1) is 24.8 Å². The molecule has 82 valence electrons. The zero-order valence-corrected chi connectivity index (χ0v) is 8.85. The molecular formula is C7H11Cl2F2N3. The summed E-state index contributed by atoms with van der Waals surface area (Å²) in [5.41, 5.74) is 1.40. The van der Waals surface area contributed by atoms with Crippen molar-refractivity contribution in [2.75, 3.05) is 6.54 Å². The van der Waals surface area contributed by atoms with Gasteiger partial charge >= 0.3 is 0 Å². The first kappa shape index (κ1) is 13.6. The van der Waals surface area contributed by atoms with Gasteiger partial charge in [-0.05, 0) is 0 Å². The molecule has 1 aliphatic rings. The van der Waals surface area contributed by atoms with Gasteiger partial charge in [-0.3, -0.25) is 5.10 Å². The summed E-state index contributed by atoms with van der Waals surface area (Å²) in [7, 11) is 0. The van der Waals surface area contributed by atoms with E-state index in [1.807, 2.05) is 0 Å². The number of halogens is 4. The molecule has 2 heterocycles. The van der Waals surface area contributed by atoms with E-state index in [4.69, 9.17) is 0 Å². The number of hydrogen-bond acceptors (Lipinski definition) is 2. The van der Waals surface area contributed by atoms with Crippen molar-refractivity contribution in [3.05, 3.63) is 17.0 Å². The minimum absolute atomic E-state index is 0. The highest BCUT2D eigenvalue weighted by atomic mass is 35.5. The fraction of sp³-hybridized carbons (Fsp3) is 0.571. The Labute approximate surface area is 92.5 Å². The molecule has 1 aromatic heterocycles. The number of hydrogen-bond donors (Lipinski definition) is 2. The smallest absolute Gasteiger partial charge is 0.282 e. The highest BCUT2D eigenvalue weighted by molar-refractivity contribution is 5.85. The summed E-state index contributed by atoms with van der Waals surface area (Å²) in [5.74, 6) is 0. The van der Waals surface area contributed by atoms with Gasteiger partial charge in [0.1, 0.15) is 5.69 Å². The zero-order valence-electron chi connectivity index (χ0n) is 7.22. The van der Waals surface area contributed by atoms with Gasteiger partial charge in [0.25, 0.3) is 6.43 Å². The highest BCUT2D eigenvalue weighted by Crippen LogP contribution is 2.24. The molecule has 0 unspecified atom stereocenters. The monoisotopic (exact) mass is 245 g/mol. The van der Waals surface area contributed by atoms with E-state index in [1.54, 1.807) is 0 Å². The molecule has 0 bridgehead atoms. The van der Waals surface area contributed by atoms with Crippen LogP contribution in [0.1, 0.15) is 23.4 Å². The Balaban J connectivity index is 0.000000845. The van der Waals surface area contributed by atoms with Crippen molar-refractivity contribution in [3.8, 4) is 0 Å². The van der Waals surface area contributed by atoms with E-state index >= 15 is 0 Å². The van der Waals surface area contributed by atoms with Gasteiger partial charge in [0.2, 0.25) is 0 Å². The predicted molar refractivity (Wildman–Crippen MR) is 53.5 cm³/mol. The standard InChI is InChI=1S/C7H9F2N3.2ClH/c8-7(9)6-4-3-10-2-1-5(4)11-12-6;;/h7,10H,1-3H2,(H,11,12);2*1H. The molecule has 1 aromatic rings. The van der Waals surface area contributed by atoms with Crippen LogP contribution in [0.4, 0.5) is 8.78 Å². The molecule has 3 nitrogen and oxygen atoms in total. The first-order valence-electron chi connectivity index (χ1n) is 3.84. The third-order valence-electron chi connectivity index (χ3n) is 2.05. The Hall–Kier alpha value is -0.390. The molecule has 2 rings (SSSR count). The molecule has 2 N–H and O–H groups in total. The molecule has 0 saturated carbocycles. The second kappa shape index (κ2) is 5.48. The second-order valence-corrected chi connectivity index (χ2v) is 2.79. The normalized spacial score (nSPS) is 14.2. The number of nitrogens with one attached hydrogen (secondary N) is 2. The summed E-state index contributed by atoms with van der Waals surface area (Å²) in [6.45, 7) is 1.34. The van der Waals surface area contributed by atoms with Crippen molar-refractivity contribution in [3.63, 3.8) is 0 Å². The number of aromatic nitrogens is 2. The zero-order chi connectivity index (χ0) is 8.55. The minimum atomic E-state index is -2.47. The lowest BCUT2D eigenvalue weighted by molar-refractivity contribution is 0.144. The van der Waals surface area contributed by atoms with E-state index in [1.165, 1.54) is 0 Å². The summed E-state index contributed by atoms with van der Waals surface area (Å²) >= 11 is 0. The van der Waals surface area contributed by atoms with Gasteiger partial charge in [0, 0.05) is 30.8 Å². The molecule has 0 aromatic carbocycles. The number of rotatable bonds is 1. The molecule has 0 aliphatic carbocycles. The summed E-state index contributed by atoms with van der Waals surface area (Å²) in [4.78, 5) is 0. The van der Waals surface area contributed by atoms with Gasteiger partial charge in [-0.25, -0.2) is 8.78 Å². The van der Waals surface area contributed by atoms with Crippen molar-refractivity contribution in [1.29, 1.82) is 0 Å². The van der Waals surface area contributed by atoms with Crippen molar-refractivity contribution in [2.24, 2.45) is 0 Å². The van der Waals surface area contributed by atoms with Crippen molar-refractivity contribution >= 4 is 24.8 Å². The molecule has 0 atom stereocenters. The summed E-state index contributed by atoms with van der Waals surface area (Å²) in [6.07, 6.45) is -1.71. The quantitative estimate of drug-likeness (QED) is 0.793. The maximum atomic E-state index is 12.3. The van der Waals surface area contributed by atoms with Gasteiger partial charge in [-0.2, -0.15) is 5.10 Å². The van der Waals surface area contributed by atoms with Crippen LogP contribution in [-0.2, 0) is 13.0 Å². The van der Waals surface area contributed by atoms with E-state index in [0.29, 0.717) is 12.1 Å². The molecule has 0 spiro atoms. The van der Waals surface area contributed by atoms with Crippen LogP contribution in [0.15, 0.2) is 0 Å². The number of nitrogens with zero attached hydrogens (tertiary/aromatic N) is 1. The Bertz CT molecular complexity index is 290. The topological polar surface area (TPSA) is 40.7 Å². The molecule has 0 saturated heterocycles. The third kappa shape index (κ3) is 2.34. The largest absolute Gasteiger partial charge is 0.312 e. The predicted octanol–water partition coefficient (Wildman–Crippen LogP) is 1.84. The lowest BCUT2D eigenvalue weighted by Crippen LogP contribution is -2.23. The molecule has 0 radical (unpaired) electrons. The number of H-pyrrole nitrogens is 1. The van der Waals surface area contributed by atoms with E-state index in [2.05, 4.69) is 15.5 Å². The van der Waals surface area contributed by atoms with Crippen LogP contribution < -0.4 is 5.32 Å². The first-order valence-corrected chi connectivity index (χ1v) is 3.84. The summed E-state index contributed by atoms with van der Waals surface area (Å²) < 4.78 is 24.6. The van der Waals surface area contributed by atoms with Gasteiger partial charge < -0.3 is 5.32 Å². The van der Waals surface area contributed by atoms with Gasteiger partial charge in [0.05, 0.1) is 0 Å². The highest BCUT2D eigenvalue weighted by Gasteiger charge is 2.21. The second-order valence-electron chi connectivity index (χ2n) is 2.79. The fourth-order valence-corrected chi connectivity index (χ4v) is 1.43. The van der Waals surface area contributed by atoms with Crippen LogP contribution in [0.5, 0.6) is 0 Å². The van der Waals surface area contributed by atoms with Crippen molar-refractivity contribution < 1.29 is 8.78 Å². The Morgan fingerprint density at radius 2 is 2.00 bits per heavy atom. The number of fused-ring (bicyclic) bond motifs is 1. The average Bonchev–Trinajstić information content (AvgIpc) is 2.47. The maximum Gasteiger partial charge on any atom is 0.282 e. The van der Waals surface area contributed by atoms with Gasteiger partial charge in [-0.1, -0.05) is 0 Å². The van der Waals surface area contributed by atoms with E-state index < -0.39 is 6.43 Å². The molecular weight excluding hydrogens is 235 g/mol. The lowest BCUT2D eigenvalue weighted by Gasteiger charge is -2.12. The molecule has 0 amide bonds. The van der Waals surface area contributed by atoms with Crippen LogP contribution in [0.25, 0.3) is 0 Å². The van der Waals surface area contributed by atoms with Crippen molar-refractivity contribution in [1.82, 2.24) is 15.5 Å².